The van der Waals surface area contributed by atoms with Crippen LogP contribution in [0.3, 0.4) is 0 Å². The van der Waals surface area contributed by atoms with Gasteiger partial charge in [-0.25, -0.2) is 0 Å². The minimum atomic E-state index is -0.150. The van der Waals surface area contributed by atoms with E-state index in [0.717, 1.165) is 13.1 Å². The van der Waals surface area contributed by atoms with Crippen LogP contribution in [0.15, 0.2) is 0 Å². The van der Waals surface area contributed by atoms with Crippen LogP contribution in [-0.2, 0) is 0 Å². The van der Waals surface area contributed by atoms with Crippen LogP contribution in [0, 0.1) is 11.8 Å². The average molecular weight is 185 g/mol. The molecular weight excluding hydrogens is 162 g/mol. The fourth-order valence-corrected chi connectivity index (χ4v) is 1.91. The summed E-state index contributed by atoms with van der Waals surface area (Å²) in [7, 11) is 0. The Balaban J connectivity index is 2.64. The first-order valence-corrected chi connectivity index (χ1v) is 5.25. The second kappa shape index (κ2) is 3.58. The first-order valence-electron chi connectivity index (χ1n) is 5.25. The van der Waals surface area contributed by atoms with E-state index >= 15 is 0 Å². The number of likely N-dealkylation sites (tertiary alicyclic amines) is 1. The molecule has 0 bridgehead atoms. The van der Waals surface area contributed by atoms with Crippen molar-refractivity contribution >= 4 is 0 Å². The van der Waals surface area contributed by atoms with Crippen molar-refractivity contribution in [1.82, 2.24) is 4.90 Å². The normalized spacial score (nSPS) is 37.8. The molecule has 1 aliphatic rings. The van der Waals surface area contributed by atoms with Gasteiger partial charge in [-0.15, -0.1) is 0 Å². The lowest BCUT2D eigenvalue weighted by Gasteiger charge is -2.45. The Morgan fingerprint density at radius 1 is 1.15 bits per heavy atom. The van der Waals surface area contributed by atoms with Crippen LogP contribution in [0.4, 0.5) is 0 Å². The van der Waals surface area contributed by atoms with Gasteiger partial charge in [-0.3, -0.25) is 4.90 Å². The first-order chi connectivity index (χ1) is 5.82. The van der Waals surface area contributed by atoms with Crippen molar-refractivity contribution < 1.29 is 5.11 Å². The van der Waals surface area contributed by atoms with Crippen molar-refractivity contribution in [1.29, 1.82) is 0 Å². The standard InChI is InChI=1S/C11H23NO/c1-8-6-12(11(3,4)5)7-10(13)9(8)2/h8-10,13H,6-7H2,1-5H3/t8-,9+,10+/m0/s1. The number of aliphatic hydroxyl groups excluding tert-OH is 1. The molecule has 1 aliphatic heterocycles. The van der Waals surface area contributed by atoms with Crippen LogP contribution in [0.5, 0.6) is 0 Å². The fraction of sp³-hybridized carbons (Fsp3) is 1.00. The van der Waals surface area contributed by atoms with Gasteiger partial charge in [0.1, 0.15) is 0 Å². The molecule has 1 saturated heterocycles. The van der Waals surface area contributed by atoms with E-state index in [1.165, 1.54) is 0 Å². The van der Waals surface area contributed by atoms with E-state index in [9.17, 15) is 5.11 Å². The highest BCUT2D eigenvalue weighted by Gasteiger charge is 2.34. The van der Waals surface area contributed by atoms with Crippen LogP contribution >= 0.6 is 0 Å². The number of rotatable bonds is 0. The highest BCUT2D eigenvalue weighted by molar-refractivity contribution is 4.88. The molecule has 0 aromatic carbocycles. The molecule has 1 fully saturated rings. The third-order valence-electron chi connectivity index (χ3n) is 3.37. The second-order valence-corrected chi connectivity index (χ2v) is 5.48. The predicted octanol–water partition coefficient (Wildman–Crippen LogP) is 1.73. The van der Waals surface area contributed by atoms with Gasteiger partial charge in [0.15, 0.2) is 0 Å². The van der Waals surface area contributed by atoms with Crippen molar-refractivity contribution in [2.45, 2.75) is 46.3 Å². The van der Waals surface area contributed by atoms with Crippen LogP contribution in [-0.4, -0.2) is 34.7 Å². The Morgan fingerprint density at radius 3 is 2.08 bits per heavy atom. The van der Waals surface area contributed by atoms with E-state index in [1.54, 1.807) is 0 Å². The van der Waals surface area contributed by atoms with Gasteiger partial charge in [-0.05, 0) is 32.6 Å². The maximum absolute atomic E-state index is 9.84. The van der Waals surface area contributed by atoms with E-state index in [-0.39, 0.29) is 11.6 Å². The molecule has 1 heterocycles. The molecule has 0 aromatic heterocycles. The smallest absolute Gasteiger partial charge is 0.0695 e. The fourth-order valence-electron chi connectivity index (χ4n) is 1.91. The summed E-state index contributed by atoms with van der Waals surface area (Å²) in [6.07, 6.45) is -0.150. The first kappa shape index (κ1) is 11.0. The zero-order valence-corrected chi connectivity index (χ0v) is 9.54. The maximum Gasteiger partial charge on any atom is 0.0695 e. The van der Waals surface area contributed by atoms with Gasteiger partial charge in [-0.2, -0.15) is 0 Å². The summed E-state index contributed by atoms with van der Waals surface area (Å²) in [5.74, 6) is 1.04. The van der Waals surface area contributed by atoms with Crippen molar-refractivity contribution in [3.63, 3.8) is 0 Å². The van der Waals surface area contributed by atoms with Crippen LogP contribution in [0.25, 0.3) is 0 Å². The second-order valence-electron chi connectivity index (χ2n) is 5.48. The number of nitrogens with zero attached hydrogens (tertiary/aromatic N) is 1. The van der Waals surface area contributed by atoms with Crippen LogP contribution in [0.1, 0.15) is 34.6 Å². The molecule has 13 heavy (non-hydrogen) atoms. The molecule has 1 rings (SSSR count). The number of piperidine rings is 1. The number of aliphatic hydroxyl groups is 1. The minimum absolute atomic E-state index is 0.150. The summed E-state index contributed by atoms with van der Waals surface area (Å²) < 4.78 is 0. The van der Waals surface area contributed by atoms with E-state index in [0.29, 0.717) is 11.8 Å². The van der Waals surface area contributed by atoms with Crippen molar-refractivity contribution in [3.05, 3.63) is 0 Å². The van der Waals surface area contributed by atoms with E-state index in [4.69, 9.17) is 0 Å². The van der Waals surface area contributed by atoms with E-state index in [2.05, 4.69) is 39.5 Å². The Labute approximate surface area is 81.9 Å². The van der Waals surface area contributed by atoms with Gasteiger partial charge >= 0.3 is 0 Å². The maximum atomic E-state index is 9.84. The summed E-state index contributed by atoms with van der Waals surface area (Å²) in [5, 5.41) is 9.84. The van der Waals surface area contributed by atoms with Crippen molar-refractivity contribution in [2.24, 2.45) is 11.8 Å². The molecule has 2 nitrogen and oxygen atoms in total. The highest BCUT2D eigenvalue weighted by Crippen LogP contribution is 2.27. The van der Waals surface area contributed by atoms with Crippen molar-refractivity contribution in [3.8, 4) is 0 Å². The quantitative estimate of drug-likeness (QED) is 0.621. The Hall–Kier alpha value is -0.0800. The minimum Gasteiger partial charge on any atom is -0.392 e. The molecule has 3 atom stereocenters. The largest absolute Gasteiger partial charge is 0.392 e. The molecule has 0 spiro atoms. The SMILES string of the molecule is C[C@H]1[C@H](O)CN(C(C)(C)C)C[C@@H]1C. The molecule has 0 aliphatic carbocycles. The lowest BCUT2D eigenvalue weighted by Crippen LogP contribution is -2.54. The summed E-state index contributed by atoms with van der Waals surface area (Å²) in [6.45, 7) is 12.9. The Kier molecular flexibility index (Phi) is 3.03. The van der Waals surface area contributed by atoms with Gasteiger partial charge in [0.2, 0.25) is 0 Å². The van der Waals surface area contributed by atoms with Gasteiger partial charge in [0, 0.05) is 18.6 Å². The molecule has 78 valence electrons. The molecule has 0 radical (unpaired) electrons. The zero-order valence-electron chi connectivity index (χ0n) is 9.54. The third kappa shape index (κ3) is 2.44. The third-order valence-corrected chi connectivity index (χ3v) is 3.37. The summed E-state index contributed by atoms with van der Waals surface area (Å²) in [6, 6.07) is 0. The van der Waals surface area contributed by atoms with Gasteiger partial charge in [0.25, 0.3) is 0 Å². The number of β-amino-alcohol motifs (C(OH)–C–C–N with tert-alkyl or cyclic N) is 1. The zero-order chi connectivity index (χ0) is 10.2. The molecule has 2 heteroatoms. The predicted molar refractivity (Wildman–Crippen MR) is 55.7 cm³/mol. The highest BCUT2D eigenvalue weighted by atomic mass is 16.3. The van der Waals surface area contributed by atoms with Crippen LogP contribution < -0.4 is 0 Å². The Morgan fingerprint density at radius 2 is 1.69 bits per heavy atom. The molecule has 0 amide bonds. The van der Waals surface area contributed by atoms with E-state index < -0.39 is 0 Å². The van der Waals surface area contributed by atoms with Gasteiger partial charge in [-0.1, -0.05) is 13.8 Å². The summed E-state index contributed by atoms with van der Waals surface area (Å²) in [5.41, 5.74) is 0.190. The monoisotopic (exact) mass is 185 g/mol. The Bertz CT molecular complexity index is 161. The number of hydrogen-bond donors (Lipinski definition) is 1. The molecule has 0 aromatic rings. The average Bonchev–Trinajstić information content (AvgIpc) is 1.97. The van der Waals surface area contributed by atoms with Gasteiger partial charge in [0.05, 0.1) is 6.10 Å². The molecule has 0 saturated carbocycles. The lowest BCUT2D eigenvalue weighted by atomic mass is 9.84. The van der Waals surface area contributed by atoms with E-state index in [1.807, 2.05) is 0 Å². The van der Waals surface area contributed by atoms with Crippen LogP contribution in [0.2, 0.25) is 0 Å². The summed E-state index contributed by atoms with van der Waals surface area (Å²) in [4.78, 5) is 2.38. The lowest BCUT2D eigenvalue weighted by molar-refractivity contribution is -0.0365. The molecule has 0 unspecified atom stereocenters. The topological polar surface area (TPSA) is 23.5 Å². The number of hydrogen-bond acceptors (Lipinski definition) is 2. The molecule has 1 N–H and O–H groups in total. The van der Waals surface area contributed by atoms with Gasteiger partial charge < -0.3 is 5.11 Å². The summed E-state index contributed by atoms with van der Waals surface area (Å²) >= 11 is 0. The molecular formula is C11H23NO. The van der Waals surface area contributed by atoms with Crippen molar-refractivity contribution in [2.75, 3.05) is 13.1 Å².